The minimum Gasteiger partial charge on any atom is -0.365 e. The first-order valence-electron chi connectivity index (χ1n) is 2.70. The van der Waals surface area contributed by atoms with Crippen LogP contribution in [0.15, 0.2) is 17.0 Å². The molecule has 1 heterocycles. The Labute approximate surface area is 48.9 Å². The van der Waals surface area contributed by atoms with Gasteiger partial charge in [-0.1, -0.05) is 18.8 Å². The first-order chi connectivity index (χ1) is 3.80. The van der Waals surface area contributed by atoms with Crippen LogP contribution in [0, 0.1) is 0 Å². The minimum absolute atomic E-state index is 0.529. The van der Waals surface area contributed by atoms with Crippen molar-refractivity contribution >= 4 is 12.2 Å². The van der Waals surface area contributed by atoms with Gasteiger partial charge in [0.15, 0.2) is 6.71 Å². The number of nitrogens with zero attached hydrogens (tertiary/aromatic N) is 1. The normalized spacial score (nSPS) is 9.25. The molecule has 8 heavy (non-hydrogen) atoms. The maximum Gasteiger partial charge on any atom is 0.176 e. The molecule has 0 aliphatic rings. The Kier molecular flexibility index (Phi) is 1.37. The minimum atomic E-state index is 0.529. The summed E-state index contributed by atoms with van der Waals surface area (Å²) in [4.78, 5) is 0. The summed E-state index contributed by atoms with van der Waals surface area (Å²) >= 11 is 0. The van der Waals surface area contributed by atoms with Gasteiger partial charge in [0.2, 0.25) is 0 Å². The van der Waals surface area contributed by atoms with Crippen molar-refractivity contribution < 1.29 is 4.52 Å². The fourth-order valence-electron chi connectivity index (χ4n) is 0.498. The van der Waals surface area contributed by atoms with Crippen molar-refractivity contribution in [1.82, 2.24) is 5.16 Å². The topological polar surface area (TPSA) is 26.0 Å². The van der Waals surface area contributed by atoms with Crippen LogP contribution in [0.1, 0.15) is 0 Å². The van der Waals surface area contributed by atoms with E-state index < -0.39 is 0 Å². The Bertz CT molecular complexity index is 147. The van der Waals surface area contributed by atoms with Gasteiger partial charge in [0.25, 0.3) is 0 Å². The van der Waals surface area contributed by atoms with Crippen molar-refractivity contribution in [2.45, 2.75) is 13.6 Å². The van der Waals surface area contributed by atoms with Gasteiger partial charge in [-0.25, -0.2) is 0 Å². The molecule has 0 saturated carbocycles. The molecule has 0 aliphatic carbocycles. The van der Waals surface area contributed by atoms with E-state index in [0.717, 1.165) is 5.46 Å². The molecule has 1 rings (SSSR count). The molecule has 1 aromatic heterocycles. The van der Waals surface area contributed by atoms with Crippen LogP contribution < -0.4 is 5.46 Å². The van der Waals surface area contributed by atoms with E-state index >= 15 is 0 Å². The van der Waals surface area contributed by atoms with Crippen molar-refractivity contribution in [2.24, 2.45) is 0 Å². The van der Waals surface area contributed by atoms with Gasteiger partial charge in [-0.3, -0.25) is 0 Å². The highest BCUT2D eigenvalue weighted by atomic mass is 16.5. The number of hydrogen-bond donors (Lipinski definition) is 0. The van der Waals surface area contributed by atoms with Gasteiger partial charge in [-0.2, -0.15) is 0 Å². The first-order valence-corrected chi connectivity index (χ1v) is 2.70. The van der Waals surface area contributed by atoms with E-state index in [1.54, 1.807) is 12.5 Å². The molecule has 0 fully saturated rings. The Morgan fingerprint density at radius 3 is 2.62 bits per heavy atom. The van der Waals surface area contributed by atoms with E-state index in [4.69, 9.17) is 0 Å². The third kappa shape index (κ3) is 0.913. The molecule has 0 aliphatic heterocycles. The second kappa shape index (κ2) is 2.03. The quantitative estimate of drug-likeness (QED) is 0.494. The molecule has 0 spiro atoms. The van der Waals surface area contributed by atoms with Crippen LogP contribution >= 0.6 is 0 Å². The fourth-order valence-corrected chi connectivity index (χ4v) is 0.498. The molecule has 0 unspecified atom stereocenters. The summed E-state index contributed by atoms with van der Waals surface area (Å²) in [6.45, 7) is 4.74. The Balaban J connectivity index is 2.77. The number of rotatable bonds is 1. The average Bonchev–Trinajstić information content (AvgIpc) is 2.12. The van der Waals surface area contributed by atoms with Gasteiger partial charge >= 0.3 is 0 Å². The largest absolute Gasteiger partial charge is 0.365 e. The zero-order valence-electron chi connectivity index (χ0n) is 5.09. The van der Waals surface area contributed by atoms with Crippen LogP contribution in [0.3, 0.4) is 0 Å². The molecule has 0 saturated heterocycles. The smallest absolute Gasteiger partial charge is 0.176 e. The molecule has 3 heteroatoms. The van der Waals surface area contributed by atoms with Crippen LogP contribution in [-0.4, -0.2) is 11.9 Å². The van der Waals surface area contributed by atoms with E-state index in [-0.39, 0.29) is 0 Å². The van der Waals surface area contributed by atoms with Crippen molar-refractivity contribution in [3.8, 4) is 0 Å². The lowest BCUT2D eigenvalue weighted by molar-refractivity contribution is 0.420. The summed E-state index contributed by atoms with van der Waals surface area (Å²) in [5, 5.41) is 3.57. The molecule has 0 aromatic carbocycles. The van der Waals surface area contributed by atoms with Crippen molar-refractivity contribution in [2.75, 3.05) is 0 Å². The zero-order chi connectivity index (χ0) is 5.98. The number of aromatic nitrogens is 1. The molecule has 1 aromatic rings. The molecule has 0 bridgehead atoms. The Hall–Kier alpha value is -0.725. The third-order valence-corrected chi connectivity index (χ3v) is 1.12. The lowest BCUT2D eigenvalue weighted by Crippen LogP contribution is -2.19. The van der Waals surface area contributed by atoms with Crippen LogP contribution in [-0.2, 0) is 0 Å². The third-order valence-electron chi connectivity index (χ3n) is 1.12. The lowest BCUT2D eigenvalue weighted by atomic mass is 9.50. The summed E-state index contributed by atoms with van der Waals surface area (Å²) in [6.07, 6.45) is 3.41. The summed E-state index contributed by atoms with van der Waals surface area (Å²) in [5.74, 6) is 0. The summed E-state index contributed by atoms with van der Waals surface area (Å²) in [6, 6.07) is 0. The van der Waals surface area contributed by atoms with Gasteiger partial charge in [0.1, 0.15) is 6.26 Å². The van der Waals surface area contributed by atoms with Gasteiger partial charge < -0.3 is 4.52 Å². The Morgan fingerprint density at radius 2 is 2.38 bits per heavy atom. The highest BCUT2D eigenvalue weighted by Gasteiger charge is 2.02. The molecule has 0 N–H and O–H groups in total. The maximum absolute atomic E-state index is 4.63. The lowest BCUT2D eigenvalue weighted by Gasteiger charge is -1.88. The van der Waals surface area contributed by atoms with Gasteiger partial charge in [0.05, 0.1) is 6.20 Å². The molecule has 0 radical (unpaired) electrons. The van der Waals surface area contributed by atoms with Crippen molar-refractivity contribution in [3.05, 3.63) is 12.5 Å². The van der Waals surface area contributed by atoms with E-state index in [0.29, 0.717) is 6.71 Å². The highest BCUT2D eigenvalue weighted by Crippen LogP contribution is 1.82. The molecule has 0 amide bonds. The summed E-state index contributed by atoms with van der Waals surface area (Å²) in [5.41, 5.74) is 1.16. The maximum atomic E-state index is 4.63. The van der Waals surface area contributed by atoms with Crippen molar-refractivity contribution in [1.29, 1.82) is 0 Å². The molecule has 42 valence electrons. The molecular weight excluding hydrogens is 101 g/mol. The second-order valence-corrected chi connectivity index (χ2v) is 2.11. The molecular formula is C5H8BNO. The SMILES string of the molecule is CB(C)c1cnoc1. The van der Waals surface area contributed by atoms with E-state index in [9.17, 15) is 0 Å². The van der Waals surface area contributed by atoms with E-state index in [1.165, 1.54) is 0 Å². The Morgan fingerprint density at radius 1 is 1.62 bits per heavy atom. The van der Waals surface area contributed by atoms with Crippen LogP contribution in [0.5, 0.6) is 0 Å². The highest BCUT2D eigenvalue weighted by molar-refractivity contribution is 6.70. The van der Waals surface area contributed by atoms with Crippen LogP contribution in [0.4, 0.5) is 0 Å². The summed E-state index contributed by atoms with van der Waals surface area (Å²) in [7, 11) is 0. The monoisotopic (exact) mass is 109 g/mol. The van der Waals surface area contributed by atoms with Crippen molar-refractivity contribution in [3.63, 3.8) is 0 Å². The standard InChI is InChI=1S/C5H8BNO/c1-6(2)5-3-7-8-4-5/h3-4H,1-2H3. The van der Waals surface area contributed by atoms with Crippen LogP contribution in [0.25, 0.3) is 0 Å². The van der Waals surface area contributed by atoms with E-state index in [1.807, 2.05) is 0 Å². The first kappa shape index (κ1) is 5.41. The zero-order valence-corrected chi connectivity index (χ0v) is 5.09. The van der Waals surface area contributed by atoms with Gasteiger partial charge in [0, 0.05) is 0 Å². The summed E-state index contributed by atoms with van der Waals surface area (Å²) < 4.78 is 4.63. The second-order valence-electron chi connectivity index (χ2n) is 2.11. The fraction of sp³-hybridized carbons (Fsp3) is 0.400. The predicted molar refractivity (Wildman–Crippen MR) is 33.6 cm³/mol. The van der Waals surface area contributed by atoms with E-state index in [2.05, 4.69) is 23.3 Å². The van der Waals surface area contributed by atoms with Crippen LogP contribution in [0.2, 0.25) is 13.6 Å². The van der Waals surface area contributed by atoms with Gasteiger partial charge in [-0.15, -0.1) is 0 Å². The molecule has 0 atom stereocenters. The number of hydrogen-bond acceptors (Lipinski definition) is 2. The average molecular weight is 109 g/mol. The predicted octanol–water partition coefficient (Wildman–Crippen LogP) is 0.636. The van der Waals surface area contributed by atoms with Gasteiger partial charge in [-0.05, 0) is 5.46 Å². The molecule has 2 nitrogen and oxygen atoms in total.